The second kappa shape index (κ2) is 19.6. The Morgan fingerprint density at radius 2 is 1.33 bits per heavy atom. The summed E-state index contributed by atoms with van der Waals surface area (Å²) in [6, 6.07) is 45.2. The average molecular weight is 908 g/mol. The third-order valence-corrected chi connectivity index (χ3v) is 15.8. The Morgan fingerprint density at radius 3 is 2.10 bits per heavy atom. The Labute approximate surface area is 414 Å². The number of nitrogens with one attached hydrogen (secondary N) is 1. The van der Waals surface area contributed by atoms with E-state index in [0.29, 0.717) is 29.7 Å². The highest BCUT2D eigenvalue weighted by Gasteiger charge is 2.30. The van der Waals surface area contributed by atoms with Crippen molar-refractivity contribution in [3.05, 3.63) is 206 Å². The van der Waals surface area contributed by atoms with Crippen LogP contribution in [0.3, 0.4) is 0 Å². The zero-order valence-corrected chi connectivity index (χ0v) is 42.6. The summed E-state index contributed by atoms with van der Waals surface area (Å²) >= 11 is 0. The first-order valence-corrected chi connectivity index (χ1v) is 26.1. The van der Waals surface area contributed by atoms with Crippen molar-refractivity contribution in [3.63, 3.8) is 0 Å². The highest BCUT2D eigenvalue weighted by molar-refractivity contribution is 5.90. The lowest BCUT2D eigenvalue weighted by molar-refractivity contribution is 0.536. The Morgan fingerprint density at radius 1 is 0.638 bits per heavy atom. The van der Waals surface area contributed by atoms with E-state index >= 15 is 0 Å². The fraction of sp³-hybridized carbons (Fsp3) is 0.333. The number of anilines is 5. The molecule has 3 aliphatic carbocycles. The molecule has 0 radical (unpaired) electrons. The van der Waals surface area contributed by atoms with Crippen molar-refractivity contribution in [2.24, 2.45) is 17.8 Å². The maximum atomic E-state index is 4.26. The van der Waals surface area contributed by atoms with Crippen molar-refractivity contribution in [2.45, 2.75) is 125 Å². The van der Waals surface area contributed by atoms with Gasteiger partial charge in [0, 0.05) is 52.6 Å². The van der Waals surface area contributed by atoms with Gasteiger partial charge in [-0.15, -0.1) is 0 Å². The molecule has 3 nitrogen and oxygen atoms in total. The van der Waals surface area contributed by atoms with Gasteiger partial charge in [0.2, 0.25) is 0 Å². The lowest BCUT2D eigenvalue weighted by Gasteiger charge is -2.40. The van der Waals surface area contributed by atoms with Crippen LogP contribution in [0.2, 0.25) is 0 Å². The number of benzene rings is 6. The first-order chi connectivity index (χ1) is 33.3. The number of aryl methyl sites for hydroxylation is 3. The Balaban J connectivity index is 0.917. The molecule has 6 aromatic carbocycles. The van der Waals surface area contributed by atoms with Crippen LogP contribution in [0.15, 0.2) is 162 Å². The first-order valence-electron chi connectivity index (χ1n) is 26.1. The SMILES string of the molecule is C=C(C)C1C=Cc2cc(N(c3ccc(CCc4ccc(N(c5ccc6c(c5)C=C(C(C)C)NC6)C5CCC6=C(CCC(C(C)C)=C6)C5)c(C)c4)cc3)c3ccc4cc(C(C)C)ccc4c3)ccc2C1. The topological polar surface area (TPSA) is 18.5 Å². The molecule has 0 bridgehead atoms. The fourth-order valence-electron chi connectivity index (χ4n) is 11.4. The van der Waals surface area contributed by atoms with Crippen LogP contribution in [-0.2, 0) is 25.8 Å². The summed E-state index contributed by atoms with van der Waals surface area (Å²) in [6.07, 6.45) is 18.5. The molecule has 69 heavy (non-hydrogen) atoms. The predicted molar refractivity (Wildman–Crippen MR) is 297 cm³/mol. The third-order valence-electron chi connectivity index (χ3n) is 15.8. The maximum absolute atomic E-state index is 4.26. The van der Waals surface area contributed by atoms with E-state index in [-0.39, 0.29) is 0 Å². The average Bonchev–Trinajstić information content (AvgIpc) is 3.36. The first kappa shape index (κ1) is 46.4. The van der Waals surface area contributed by atoms with Gasteiger partial charge in [-0.05, 0) is 204 Å². The van der Waals surface area contributed by atoms with Crippen molar-refractivity contribution >= 4 is 51.4 Å². The Hall–Kier alpha value is -6.32. The Kier molecular flexibility index (Phi) is 13.2. The predicted octanol–water partition coefficient (Wildman–Crippen LogP) is 17.8. The minimum absolute atomic E-state index is 0.398. The quantitative estimate of drug-likeness (QED) is 0.117. The van der Waals surface area contributed by atoms with Crippen molar-refractivity contribution in [1.82, 2.24) is 5.32 Å². The van der Waals surface area contributed by atoms with E-state index in [4.69, 9.17) is 0 Å². The van der Waals surface area contributed by atoms with Crippen molar-refractivity contribution < 1.29 is 0 Å². The molecule has 0 fully saturated rings. The third kappa shape index (κ3) is 9.81. The van der Waals surface area contributed by atoms with Crippen molar-refractivity contribution in [1.29, 1.82) is 0 Å². The molecule has 3 heteroatoms. The summed E-state index contributed by atoms with van der Waals surface area (Å²) in [5.74, 6) is 2.00. The highest BCUT2D eigenvalue weighted by Crippen LogP contribution is 2.44. The van der Waals surface area contributed by atoms with Crippen LogP contribution >= 0.6 is 0 Å². The van der Waals surface area contributed by atoms with Crippen LogP contribution in [0.25, 0.3) is 22.9 Å². The fourth-order valence-corrected chi connectivity index (χ4v) is 11.4. The van der Waals surface area contributed by atoms with E-state index in [2.05, 4.69) is 217 Å². The zero-order valence-electron chi connectivity index (χ0n) is 42.6. The van der Waals surface area contributed by atoms with Gasteiger partial charge in [0.05, 0.1) is 0 Å². The Bertz CT molecular complexity index is 3040. The van der Waals surface area contributed by atoms with Gasteiger partial charge >= 0.3 is 0 Å². The minimum atomic E-state index is 0.398. The van der Waals surface area contributed by atoms with E-state index in [9.17, 15) is 0 Å². The summed E-state index contributed by atoms with van der Waals surface area (Å²) < 4.78 is 0. The summed E-state index contributed by atoms with van der Waals surface area (Å²) in [6.45, 7) is 23.5. The normalized spacial score (nSPS) is 17.6. The molecule has 6 aromatic rings. The molecule has 4 aliphatic rings. The van der Waals surface area contributed by atoms with E-state index in [1.807, 2.05) is 0 Å². The molecule has 2 unspecified atom stereocenters. The molecule has 1 N–H and O–H groups in total. The van der Waals surface area contributed by atoms with Gasteiger partial charge in [-0.25, -0.2) is 0 Å². The minimum Gasteiger partial charge on any atom is -0.384 e. The lowest BCUT2D eigenvalue weighted by Crippen LogP contribution is -2.35. The summed E-state index contributed by atoms with van der Waals surface area (Å²) in [5, 5.41) is 6.22. The molecule has 10 rings (SSSR count). The lowest BCUT2D eigenvalue weighted by atomic mass is 9.78. The van der Waals surface area contributed by atoms with E-state index in [1.54, 1.807) is 16.7 Å². The second-order valence-electron chi connectivity index (χ2n) is 21.7. The maximum Gasteiger partial charge on any atom is 0.0468 e. The van der Waals surface area contributed by atoms with Gasteiger partial charge in [0.1, 0.15) is 0 Å². The molecule has 1 aliphatic heterocycles. The molecule has 0 spiro atoms. The van der Waals surface area contributed by atoms with Gasteiger partial charge in [-0.2, -0.15) is 0 Å². The van der Waals surface area contributed by atoms with E-state index < -0.39 is 0 Å². The molecular formula is C66H73N3. The van der Waals surface area contributed by atoms with Crippen LogP contribution in [0, 0.1) is 24.7 Å². The van der Waals surface area contributed by atoms with Crippen LogP contribution in [0.1, 0.15) is 131 Å². The van der Waals surface area contributed by atoms with Gasteiger partial charge in [0.15, 0.2) is 0 Å². The standard InChI is InChI=1S/C66H73N3/c1-42(2)49-15-18-55-36-61(27-21-52(55)33-49)68(62-28-22-53-34-50(43(3)4)16-19-56(53)37-62)60-25-12-47(13-26-60)10-11-48-14-31-66(46(9)32-48)69(63-29-23-54-35-51(44(5)6)17-20-57(54)38-63)64-30-24-58-41-67-65(45(7)8)40-59(58)39-64/h12-16,18-19,21-22,24-28,30-32,34-37,39-40,43-45,49,63,67H,1,10-11,17,20,23,29,33,38,41H2,2-9H3. The number of allylic oxidation sites excluding steroid dienone is 6. The van der Waals surface area contributed by atoms with Gasteiger partial charge in [0.25, 0.3) is 0 Å². The smallest absolute Gasteiger partial charge is 0.0468 e. The number of nitrogens with zero attached hydrogens (tertiary/aromatic N) is 2. The van der Waals surface area contributed by atoms with Gasteiger partial charge < -0.3 is 15.1 Å². The van der Waals surface area contributed by atoms with E-state index in [0.717, 1.165) is 38.6 Å². The molecule has 0 amide bonds. The molecule has 0 saturated carbocycles. The van der Waals surface area contributed by atoms with Gasteiger partial charge in [-0.1, -0.05) is 144 Å². The van der Waals surface area contributed by atoms with E-state index in [1.165, 1.54) is 114 Å². The molecular weight excluding hydrogens is 835 g/mol. The summed E-state index contributed by atoms with van der Waals surface area (Å²) in [7, 11) is 0. The van der Waals surface area contributed by atoms with Gasteiger partial charge in [-0.3, -0.25) is 0 Å². The highest BCUT2D eigenvalue weighted by atomic mass is 15.2. The van der Waals surface area contributed by atoms with Crippen LogP contribution < -0.4 is 15.1 Å². The van der Waals surface area contributed by atoms with Crippen molar-refractivity contribution in [2.75, 3.05) is 9.80 Å². The number of hydrogen-bond acceptors (Lipinski definition) is 3. The molecule has 352 valence electrons. The monoisotopic (exact) mass is 908 g/mol. The van der Waals surface area contributed by atoms with Crippen molar-refractivity contribution in [3.8, 4) is 0 Å². The number of rotatable bonds is 13. The number of hydrogen-bond donors (Lipinski definition) is 1. The number of fused-ring (bicyclic) bond motifs is 3. The summed E-state index contributed by atoms with van der Waals surface area (Å²) in [4.78, 5) is 5.15. The van der Waals surface area contributed by atoms with Crippen LogP contribution in [0.5, 0.6) is 0 Å². The zero-order chi connectivity index (χ0) is 47.9. The second-order valence-corrected chi connectivity index (χ2v) is 21.7. The largest absolute Gasteiger partial charge is 0.384 e. The van der Waals surface area contributed by atoms with Crippen LogP contribution in [-0.4, -0.2) is 6.04 Å². The summed E-state index contributed by atoms with van der Waals surface area (Å²) in [5.41, 5.74) is 24.5. The molecule has 0 saturated heterocycles. The van der Waals surface area contributed by atoms with Crippen LogP contribution in [0.4, 0.5) is 28.4 Å². The molecule has 0 aromatic heterocycles. The molecule has 2 atom stereocenters. The molecule has 1 heterocycles.